The van der Waals surface area contributed by atoms with Crippen molar-refractivity contribution in [3.05, 3.63) is 71.8 Å². The molecule has 4 rings (SSSR count). The van der Waals surface area contributed by atoms with Gasteiger partial charge in [0.25, 0.3) is 0 Å². The van der Waals surface area contributed by atoms with Crippen molar-refractivity contribution in [2.75, 3.05) is 11.4 Å². The lowest BCUT2D eigenvalue weighted by atomic mass is 10.0. The molecule has 1 saturated heterocycles. The highest BCUT2D eigenvalue weighted by Gasteiger charge is 2.37. The number of hydrogen-bond donors (Lipinski definition) is 0. The maximum atomic E-state index is 12.8. The van der Waals surface area contributed by atoms with Crippen LogP contribution < -0.4 is 9.64 Å². The first kappa shape index (κ1) is 19.2. The van der Waals surface area contributed by atoms with Crippen molar-refractivity contribution in [3.63, 3.8) is 0 Å². The lowest BCUT2D eigenvalue weighted by Gasteiger charge is -2.23. The van der Waals surface area contributed by atoms with Crippen molar-refractivity contribution in [1.29, 1.82) is 0 Å². The number of carbonyl (C=O) groups excluding carboxylic acids is 2. The van der Waals surface area contributed by atoms with Crippen molar-refractivity contribution in [3.8, 4) is 5.75 Å². The Kier molecular flexibility index (Phi) is 5.34. The number of nitrogens with zero attached hydrogens (tertiary/aromatic N) is 1. The van der Waals surface area contributed by atoms with E-state index < -0.39 is 5.92 Å². The lowest BCUT2D eigenvalue weighted by molar-refractivity contribution is -0.139. The number of amides is 1. The summed E-state index contributed by atoms with van der Waals surface area (Å²) in [5, 5.41) is 2.11. The molecule has 0 radical (unpaired) electrons. The molecule has 0 aliphatic carbocycles. The van der Waals surface area contributed by atoms with Crippen LogP contribution in [-0.2, 0) is 22.4 Å². The van der Waals surface area contributed by atoms with Crippen LogP contribution in [0.3, 0.4) is 0 Å². The van der Waals surface area contributed by atoms with Gasteiger partial charge in [-0.25, -0.2) is 0 Å². The second-order valence-electron chi connectivity index (χ2n) is 7.47. The first-order valence-electron chi connectivity index (χ1n) is 10.2. The Morgan fingerprint density at radius 2 is 1.66 bits per heavy atom. The molecule has 1 aliphatic heterocycles. The molecule has 1 atom stereocenters. The van der Waals surface area contributed by atoms with E-state index in [1.165, 1.54) is 0 Å². The zero-order chi connectivity index (χ0) is 20.4. The van der Waals surface area contributed by atoms with Crippen LogP contribution in [0.15, 0.2) is 60.7 Å². The predicted molar refractivity (Wildman–Crippen MR) is 115 cm³/mol. The van der Waals surface area contributed by atoms with Crippen LogP contribution in [0.25, 0.3) is 10.8 Å². The number of fused-ring (bicyclic) bond motifs is 1. The fourth-order valence-electron chi connectivity index (χ4n) is 4.07. The zero-order valence-corrected chi connectivity index (χ0v) is 16.9. The Morgan fingerprint density at radius 1 is 0.966 bits per heavy atom. The maximum absolute atomic E-state index is 12.8. The van der Waals surface area contributed by atoms with Gasteiger partial charge in [-0.1, -0.05) is 62.4 Å². The first-order valence-corrected chi connectivity index (χ1v) is 10.2. The van der Waals surface area contributed by atoms with Gasteiger partial charge in [0.15, 0.2) is 0 Å². The summed E-state index contributed by atoms with van der Waals surface area (Å²) in [4.78, 5) is 27.3. The first-order chi connectivity index (χ1) is 14.1. The summed E-state index contributed by atoms with van der Waals surface area (Å²) in [6, 6.07) is 19.7. The average Bonchev–Trinajstić information content (AvgIpc) is 3.14. The molecule has 148 valence electrons. The Morgan fingerprint density at radius 3 is 2.34 bits per heavy atom. The minimum Gasteiger partial charge on any atom is -0.426 e. The van der Waals surface area contributed by atoms with Gasteiger partial charge in [0, 0.05) is 18.7 Å². The lowest BCUT2D eigenvalue weighted by Crippen LogP contribution is -2.29. The van der Waals surface area contributed by atoms with Gasteiger partial charge in [0.05, 0.1) is 5.92 Å². The normalized spacial score (nSPS) is 16.4. The van der Waals surface area contributed by atoms with Gasteiger partial charge in [0.1, 0.15) is 5.75 Å². The highest BCUT2D eigenvalue weighted by molar-refractivity contribution is 6.01. The number of benzene rings is 3. The van der Waals surface area contributed by atoms with E-state index in [1.807, 2.05) is 42.5 Å². The molecule has 0 bridgehead atoms. The molecular weight excluding hydrogens is 362 g/mol. The van der Waals surface area contributed by atoms with Crippen LogP contribution >= 0.6 is 0 Å². The molecule has 3 aromatic rings. The van der Waals surface area contributed by atoms with Crippen LogP contribution in [0.4, 0.5) is 5.69 Å². The third-order valence-corrected chi connectivity index (χ3v) is 5.63. The van der Waals surface area contributed by atoms with E-state index in [-0.39, 0.29) is 18.3 Å². The fourth-order valence-corrected chi connectivity index (χ4v) is 4.07. The molecule has 1 heterocycles. The van der Waals surface area contributed by atoms with E-state index in [0.717, 1.165) is 40.4 Å². The second-order valence-corrected chi connectivity index (χ2v) is 7.47. The Bertz CT molecular complexity index is 1050. The van der Waals surface area contributed by atoms with Gasteiger partial charge in [-0.05, 0) is 46.9 Å². The summed E-state index contributed by atoms with van der Waals surface area (Å²) in [5.74, 6) is -0.296. The molecule has 1 fully saturated rings. The van der Waals surface area contributed by atoms with Gasteiger partial charge in [-0.3, -0.25) is 9.59 Å². The monoisotopic (exact) mass is 387 g/mol. The van der Waals surface area contributed by atoms with Gasteiger partial charge in [0.2, 0.25) is 5.91 Å². The van der Waals surface area contributed by atoms with E-state index in [2.05, 4.69) is 26.0 Å². The van der Waals surface area contributed by atoms with Crippen LogP contribution in [0, 0.1) is 5.92 Å². The Hall–Kier alpha value is -3.14. The number of aryl methyl sites for hydroxylation is 2. The highest BCUT2D eigenvalue weighted by atomic mass is 16.5. The summed E-state index contributed by atoms with van der Waals surface area (Å²) in [6.07, 6.45) is 1.88. The SMILES string of the molecule is CCc1cccc(CC)c1N1C[C@@H](C(=O)Oc2ccc3ccccc3c2)CC1=O. The second kappa shape index (κ2) is 8.08. The molecule has 4 heteroatoms. The van der Waals surface area contributed by atoms with Crippen molar-refractivity contribution in [1.82, 2.24) is 0 Å². The molecule has 0 spiro atoms. The molecule has 0 N–H and O–H groups in total. The predicted octanol–water partition coefficient (Wildman–Crippen LogP) is 4.92. The minimum atomic E-state index is -0.455. The van der Waals surface area contributed by atoms with Crippen LogP contribution in [-0.4, -0.2) is 18.4 Å². The molecule has 3 aromatic carbocycles. The van der Waals surface area contributed by atoms with Gasteiger partial charge in [-0.2, -0.15) is 0 Å². The summed E-state index contributed by atoms with van der Waals surface area (Å²) in [6.45, 7) is 4.55. The van der Waals surface area contributed by atoms with E-state index in [0.29, 0.717) is 12.3 Å². The molecule has 0 unspecified atom stereocenters. The van der Waals surface area contributed by atoms with Crippen molar-refractivity contribution in [2.24, 2.45) is 5.92 Å². The largest absolute Gasteiger partial charge is 0.426 e. The van der Waals surface area contributed by atoms with Crippen molar-refractivity contribution >= 4 is 28.3 Å². The van der Waals surface area contributed by atoms with Gasteiger partial charge in [-0.15, -0.1) is 0 Å². The standard InChI is InChI=1S/C25H25NO3/c1-3-17-10-7-11-18(4-2)24(17)26-16-21(15-23(26)27)25(28)29-22-13-12-19-8-5-6-9-20(19)14-22/h5-14,21H,3-4,15-16H2,1-2H3/t21-/m0/s1. The topological polar surface area (TPSA) is 46.6 Å². The average molecular weight is 387 g/mol. The van der Waals surface area contributed by atoms with Crippen molar-refractivity contribution < 1.29 is 14.3 Å². The molecule has 1 amide bonds. The number of ether oxygens (including phenoxy) is 1. The van der Waals surface area contributed by atoms with E-state index in [9.17, 15) is 9.59 Å². The third kappa shape index (κ3) is 3.75. The molecular formula is C25H25NO3. The third-order valence-electron chi connectivity index (χ3n) is 5.63. The number of hydrogen-bond acceptors (Lipinski definition) is 3. The molecule has 4 nitrogen and oxygen atoms in total. The number of anilines is 1. The highest BCUT2D eigenvalue weighted by Crippen LogP contribution is 2.33. The number of esters is 1. The smallest absolute Gasteiger partial charge is 0.316 e. The Labute approximate surface area is 171 Å². The summed E-state index contributed by atoms with van der Waals surface area (Å²) in [5.41, 5.74) is 3.26. The minimum absolute atomic E-state index is 0.0129. The van der Waals surface area contributed by atoms with Crippen LogP contribution in [0.1, 0.15) is 31.4 Å². The summed E-state index contributed by atoms with van der Waals surface area (Å²) < 4.78 is 5.63. The molecule has 0 aromatic heterocycles. The van der Waals surface area contributed by atoms with Crippen LogP contribution in [0.2, 0.25) is 0 Å². The van der Waals surface area contributed by atoms with Gasteiger partial charge >= 0.3 is 5.97 Å². The number of para-hydroxylation sites is 1. The van der Waals surface area contributed by atoms with Crippen LogP contribution in [0.5, 0.6) is 5.75 Å². The maximum Gasteiger partial charge on any atom is 0.316 e. The van der Waals surface area contributed by atoms with E-state index in [1.54, 1.807) is 11.0 Å². The van der Waals surface area contributed by atoms with Crippen molar-refractivity contribution in [2.45, 2.75) is 33.1 Å². The Balaban J connectivity index is 1.54. The summed E-state index contributed by atoms with van der Waals surface area (Å²) >= 11 is 0. The van der Waals surface area contributed by atoms with E-state index >= 15 is 0 Å². The number of carbonyl (C=O) groups is 2. The molecule has 29 heavy (non-hydrogen) atoms. The molecule has 0 saturated carbocycles. The van der Waals surface area contributed by atoms with Gasteiger partial charge < -0.3 is 9.64 Å². The number of rotatable bonds is 5. The molecule has 1 aliphatic rings. The zero-order valence-electron chi connectivity index (χ0n) is 16.9. The quantitative estimate of drug-likeness (QED) is 0.461. The summed E-state index contributed by atoms with van der Waals surface area (Å²) in [7, 11) is 0. The fraction of sp³-hybridized carbons (Fsp3) is 0.280. The van der Waals surface area contributed by atoms with E-state index in [4.69, 9.17) is 4.74 Å².